The summed E-state index contributed by atoms with van der Waals surface area (Å²) in [6.45, 7) is 5.64. The van der Waals surface area contributed by atoms with Gasteiger partial charge in [-0.3, -0.25) is 10.0 Å². The molecule has 0 aromatic heterocycles. The van der Waals surface area contributed by atoms with Crippen LogP contribution in [0.15, 0.2) is 60.7 Å². The van der Waals surface area contributed by atoms with Crippen LogP contribution in [0.3, 0.4) is 0 Å². The summed E-state index contributed by atoms with van der Waals surface area (Å²) in [4.78, 5) is 10.7. The Bertz CT molecular complexity index is 1100. The van der Waals surface area contributed by atoms with Crippen LogP contribution in [0.1, 0.15) is 23.1 Å². The molecule has 0 saturated carbocycles. The van der Waals surface area contributed by atoms with Crippen molar-refractivity contribution in [2.75, 3.05) is 34.2 Å². The van der Waals surface area contributed by atoms with E-state index in [0.717, 1.165) is 52.2 Å². The average Bonchev–Trinajstić information content (AvgIpc) is 2.84. The molecule has 0 spiro atoms. The second kappa shape index (κ2) is 13.3. The van der Waals surface area contributed by atoms with Crippen LogP contribution >= 0.6 is 23.7 Å². The highest BCUT2D eigenvalue weighted by molar-refractivity contribution is 8.01. The van der Waals surface area contributed by atoms with Gasteiger partial charge in [-0.15, -0.1) is 0 Å². The quantitative estimate of drug-likeness (QED) is 0.134. The van der Waals surface area contributed by atoms with Crippen LogP contribution in [0.4, 0.5) is 11.4 Å². The molecule has 186 valence electrons. The summed E-state index contributed by atoms with van der Waals surface area (Å²) in [7, 11) is 0. The molecule has 35 heavy (non-hydrogen) atoms. The Morgan fingerprint density at radius 3 is 2.43 bits per heavy atom. The largest absolute Gasteiger partial charge is 0.494 e. The number of carboxylic acid groups (broad SMARTS) is 1. The first kappa shape index (κ1) is 26.8. The van der Waals surface area contributed by atoms with Gasteiger partial charge in [0.2, 0.25) is 0 Å². The predicted octanol–water partition coefficient (Wildman–Crippen LogP) is 6.64. The number of anilines is 2. The summed E-state index contributed by atoms with van der Waals surface area (Å²) in [5.41, 5.74) is 7.38. The van der Waals surface area contributed by atoms with E-state index < -0.39 is 5.97 Å². The number of benzene rings is 3. The van der Waals surface area contributed by atoms with Crippen LogP contribution in [0, 0.1) is 13.8 Å². The maximum Gasteiger partial charge on any atom is 0.315 e. The van der Waals surface area contributed by atoms with Crippen molar-refractivity contribution in [3.63, 3.8) is 0 Å². The summed E-state index contributed by atoms with van der Waals surface area (Å²) >= 11 is 2.66. The maximum atomic E-state index is 10.7. The van der Waals surface area contributed by atoms with E-state index in [9.17, 15) is 10.0 Å². The summed E-state index contributed by atoms with van der Waals surface area (Å²) in [6, 6.07) is 19.9. The third-order valence-electron chi connectivity index (χ3n) is 5.38. The smallest absolute Gasteiger partial charge is 0.315 e. The van der Waals surface area contributed by atoms with Gasteiger partial charge in [0.15, 0.2) is 0 Å². The molecule has 0 heterocycles. The molecule has 3 aromatic carbocycles. The third-order valence-corrected chi connectivity index (χ3v) is 6.91. The van der Waals surface area contributed by atoms with E-state index in [-0.39, 0.29) is 5.75 Å². The number of hydrogen-bond acceptors (Lipinski definition) is 7. The van der Waals surface area contributed by atoms with E-state index >= 15 is 0 Å². The summed E-state index contributed by atoms with van der Waals surface area (Å²) in [5, 5.41) is 22.1. The van der Waals surface area contributed by atoms with Gasteiger partial charge < -0.3 is 15.2 Å². The standard InChI is InChI=1S/C27H32N2O4S2/c1-19-14-25(33-12-5-13-34-3)15-20(2)27(19)22-7-4-6-21(16-22)17-28-23-8-10-24(11-9-23)29(32)35-18-26(30)31/h4,6-11,14-16,28,32H,5,12-13,17-18H2,1-3H3,(H,30,31). The minimum Gasteiger partial charge on any atom is -0.494 e. The highest BCUT2D eigenvalue weighted by Crippen LogP contribution is 2.32. The normalized spacial score (nSPS) is 10.7. The van der Waals surface area contributed by atoms with E-state index in [4.69, 9.17) is 9.84 Å². The average molecular weight is 513 g/mol. The fourth-order valence-corrected chi connectivity index (χ4v) is 4.70. The number of thioether (sulfide) groups is 1. The molecule has 3 aromatic rings. The monoisotopic (exact) mass is 512 g/mol. The molecule has 0 aliphatic heterocycles. The number of rotatable bonds is 13. The molecular formula is C27H32N2O4S2. The number of aliphatic carboxylic acids is 1. The van der Waals surface area contributed by atoms with Crippen molar-refractivity contribution in [3.05, 3.63) is 77.4 Å². The van der Waals surface area contributed by atoms with Crippen LogP contribution in [0.2, 0.25) is 0 Å². The minimum absolute atomic E-state index is 0.209. The van der Waals surface area contributed by atoms with E-state index in [1.165, 1.54) is 22.3 Å². The molecule has 0 bridgehead atoms. The van der Waals surface area contributed by atoms with Gasteiger partial charge in [-0.1, -0.05) is 18.2 Å². The first-order chi connectivity index (χ1) is 16.9. The van der Waals surface area contributed by atoms with E-state index in [2.05, 4.69) is 61.8 Å². The number of hydrogen-bond donors (Lipinski definition) is 3. The first-order valence-corrected chi connectivity index (χ1v) is 13.7. The van der Waals surface area contributed by atoms with Gasteiger partial charge in [0.1, 0.15) is 11.5 Å². The lowest BCUT2D eigenvalue weighted by Crippen LogP contribution is -2.12. The first-order valence-electron chi connectivity index (χ1n) is 11.4. The number of nitrogens with zero attached hydrogens (tertiary/aromatic N) is 1. The number of nitrogens with one attached hydrogen (secondary N) is 1. The molecule has 0 saturated heterocycles. The lowest BCUT2D eigenvalue weighted by atomic mass is 9.94. The molecule has 8 heteroatoms. The molecule has 0 amide bonds. The Morgan fingerprint density at radius 1 is 1.06 bits per heavy atom. The number of ether oxygens (including phenoxy) is 1. The van der Waals surface area contributed by atoms with E-state index in [1.807, 2.05) is 23.9 Å². The van der Waals surface area contributed by atoms with Crippen molar-refractivity contribution in [1.82, 2.24) is 0 Å². The molecule has 3 N–H and O–H groups in total. The topological polar surface area (TPSA) is 82.0 Å². The van der Waals surface area contributed by atoms with Crippen LogP contribution < -0.4 is 14.5 Å². The Hall–Kier alpha value is -2.81. The summed E-state index contributed by atoms with van der Waals surface area (Å²) in [5.74, 6) is 0.840. The van der Waals surface area contributed by atoms with Crippen molar-refractivity contribution in [2.45, 2.75) is 26.8 Å². The molecule has 6 nitrogen and oxygen atoms in total. The fraction of sp³-hybridized carbons (Fsp3) is 0.296. The fourth-order valence-electron chi connectivity index (χ4n) is 3.79. The second-order valence-corrected chi connectivity index (χ2v) is 10.0. The van der Waals surface area contributed by atoms with E-state index in [1.54, 1.807) is 12.1 Å². The Morgan fingerprint density at radius 2 is 1.77 bits per heavy atom. The van der Waals surface area contributed by atoms with E-state index in [0.29, 0.717) is 12.2 Å². The van der Waals surface area contributed by atoms with Gasteiger partial charge in [-0.25, -0.2) is 0 Å². The third kappa shape index (κ3) is 8.13. The van der Waals surface area contributed by atoms with Crippen molar-refractivity contribution >= 4 is 41.1 Å². The zero-order valence-corrected chi connectivity index (χ0v) is 21.9. The number of carbonyl (C=O) groups is 1. The van der Waals surface area contributed by atoms with Crippen molar-refractivity contribution in [2.24, 2.45) is 0 Å². The molecule has 3 rings (SSSR count). The van der Waals surface area contributed by atoms with Crippen molar-refractivity contribution in [1.29, 1.82) is 0 Å². The minimum atomic E-state index is -0.981. The molecule has 0 aliphatic rings. The zero-order chi connectivity index (χ0) is 25.2. The lowest BCUT2D eigenvalue weighted by Gasteiger charge is -2.16. The van der Waals surface area contributed by atoms with Gasteiger partial charge in [-0.2, -0.15) is 16.2 Å². The van der Waals surface area contributed by atoms with Gasteiger partial charge >= 0.3 is 5.97 Å². The molecule has 0 atom stereocenters. The Labute approximate surface area is 215 Å². The molecule has 0 radical (unpaired) electrons. The molecule has 0 aliphatic carbocycles. The van der Waals surface area contributed by atoms with Crippen LogP contribution in [0.25, 0.3) is 11.1 Å². The Balaban J connectivity index is 1.64. The van der Waals surface area contributed by atoms with Crippen LogP contribution in [-0.2, 0) is 11.3 Å². The SMILES string of the molecule is CSCCCOc1cc(C)c(-c2cccc(CNc3ccc(N(O)SCC(=O)O)cc3)c2)c(C)c1. The summed E-state index contributed by atoms with van der Waals surface area (Å²) in [6.07, 6.45) is 3.15. The Kier molecular flexibility index (Phi) is 10.2. The predicted molar refractivity (Wildman–Crippen MR) is 148 cm³/mol. The van der Waals surface area contributed by atoms with Crippen LogP contribution in [-0.4, -0.2) is 40.7 Å². The second-order valence-electron chi connectivity index (χ2n) is 8.17. The van der Waals surface area contributed by atoms with Gasteiger partial charge in [0, 0.05) is 12.2 Å². The van der Waals surface area contributed by atoms with Gasteiger partial charge in [0.05, 0.1) is 12.3 Å². The van der Waals surface area contributed by atoms with Crippen molar-refractivity contribution < 1.29 is 19.8 Å². The van der Waals surface area contributed by atoms with Crippen molar-refractivity contribution in [3.8, 4) is 16.9 Å². The lowest BCUT2D eigenvalue weighted by molar-refractivity contribution is -0.133. The van der Waals surface area contributed by atoms with Crippen LogP contribution in [0.5, 0.6) is 5.75 Å². The highest BCUT2D eigenvalue weighted by Gasteiger charge is 2.10. The number of carboxylic acids is 1. The highest BCUT2D eigenvalue weighted by atomic mass is 32.2. The maximum absolute atomic E-state index is 10.7. The van der Waals surface area contributed by atoms with Gasteiger partial charge in [0.25, 0.3) is 0 Å². The number of aryl methyl sites for hydroxylation is 2. The molecule has 0 unspecified atom stereocenters. The summed E-state index contributed by atoms with van der Waals surface area (Å²) < 4.78 is 6.82. The van der Waals surface area contributed by atoms with Gasteiger partial charge in [-0.05, 0) is 115 Å². The molecular weight excluding hydrogens is 480 g/mol. The zero-order valence-electron chi connectivity index (χ0n) is 20.3. The molecule has 0 fully saturated rings.